The van der Waals surface area contributed by atoms with Gasteiger partial charge < -0.3 is 49.1 Å². The number of anilines is 6. The second kappa shape index (κ2) is 34.2. The van der Waals surface area contributed by atoms with Gasteiger partial charge >= 0.3 is 17.9 Å². The van der Waals surface area contributed by atoms with Gasteiger partial charge in [-0.25, -0.2) is 43.1 Å². The van der Waals surface area contributed by atoms with Gasteiger partial charge in [-0.1, -0.05) is 52.3 Å². The molecule has 6 atom stereocenters. The Morgan fingerprint density at radius 3 is 1.30 bits per heavy atom. The first-order valence-electron chi connectivity index (χ1n) is 34.3. The summed E-state index contributed by atoms with van der Waals surface area (Å²) in [5.41, 5.74) is 4.27. The lowest BCUT2D eigenvalue weighted by Crippen LogP contribution is -2.50. The summed E-state index contributed by atoms with van der Waals surface area (Å²) >= 11 is 7.70. The molecule has 28 heteroatoms. The van der Waals surface area contributed by atoms with E-state index in [9.17, 15) is 32.7 Å². The maximum absolute atomic E-state index is 14.8. The zero-order valence-corrected chi connectivity index (χ0v) is 62.5. The van der Waals surface area contributed by atoms with Gasteiger partial charge in [0, 0.05) is 107 Å². The molecule has 105 heavy (non-hydrogen) atoms. The molecule has 3 aliphatic heterocycles. The number of ether oxygens (including phenoxy) is 2. The highest BCUT2D eigenvalue weighted by Crippen LogP contribution is 2.43. The third-order valence-electron chi connectivity index (χ3n) is 19.8. The van der Waals surface area contributed by atoms with Crippen molar-refractivity contribution in [2.45, 2.75) is 115 Å². The Morgan fingerprint density at radius 1 is 0.543 bits per heavy atom. The van der Waals surface area contributed by atoms with Crippen LogP contribution in [0.25, 0.3) is 32.9 Å². The highest BCUT2D eigenvalue weighted by atomic mass is 79.9. The van der Waals surface area contributed by atoms with Crippen molar-refractivity contribution in [1.29, 1.82) is 0 Å². The molecule has 3 aromatic carbocycles. The molecule has 12 aromatic rings. The molecule has 3 aliphatic rings. The molecule has 12 heterocycles. The summed E-state index contributed by atoms with van der Waals surface area (Å²) in [4.78, 5) is 68.4. The Morgan fingerprint density at radius 2 is 0.924 bits per heavy atom. The number of carbonyl (C=O) groups excluding carboxylic acids is 2. The molecule has 0 amide bonds. The first-order chi connectivity index (χ1) is 50.8. The van der Waals surface area contributed by atoms with Crippen molar-refractivity contribution in [2.75, 3.05) is 49.8 Å². The number of likely N-dealkylation sites (tertiary alicyclic amines) is 2. The Hall–Kier alpha value is -9.42. The van der Waals surface area contributed by atoms with Gasteiger partial charge in [0.2, 0.25) is 0 Å². The number of aliphatic carboxylic acids is 1. The lowest BCUT2D eigenvalue weighted by molar-refractivity contribution is -0.157. The van der Waals surface area contributed by atoms with Crippen LogP contribution in [0.1, 0.15) is 93.1 Å². The Balaban J connectivity index is 0.000000139. The zero-order chi connectivity index (χ0) is 73.7. The van der Waals surface area contributed by atoms with Crippen LogP contribution in [-0.4, -0.2) is 115 Å². The van der Waals surface area contributed by atoms with Crippen molar-refractivity contribution < 1.29 is 55.4 Å². The van der Waals surface area contributed by atoms with E-state index in [2.05, 4.69) is 102 Å². The van der Waals surface area contributed by atoms with E-state index in [0.29, 0.717) is 97.6 Å². The molecule has 3 saturated heterocycles. The molecule has 0 bridgehead atoms. The molecule has 0 aliphatic carbocycles. The molecule has 548 valence electrons. The monoisotopic (exact) mass is 1550 g/mol. The van der Waals surface area contributed by atoms with E-state index >= 15 is 0 Å². The van der Waals surface area contributed by atoms with Crippen LogP contribution in [0.5, 0.6) is 0 Å². The van der Waals surface area contributed by atoms with Crippen molar-refractivity contribution in [3.63, 3.8) is 0 Å². The standard InChI is InChI=1S/C26H27FN4O3S.C25H25FN4O3S.C17H21FN4O2S.C9H7BrO/c1-17-14-26(24(32)33-2,9-11-31(17)16-18-4-3-5-22-19(18)8-12-34-22)15-21-20(27)6-7-23(29-21)30-25-28-10-13-35-25;1-16-13-25(23(31)32,8-10-30(16)15-17-3-2-4-21-18(17)7-11-33-21)14-20-19(26)5-6-22(28-20)29-24-27-9-12-34-24;1-11-9-17(5-6-19-11,15(23)24-2)10-13-12(18)3-4-14(21-13)22-16-20-7-8-25-16;10-6-7-2-1-3-9-8(7)4-5-11-9/h3-8,10,12-13,17H,9,11,14-16H2,1-2H3,(H,28,29,30);2-7,9,11-12,16H,8,10,13-15H2,1H3,(H,31,32)(H,27,28,29);3-4,7-8,11,19H,5-6,9-10H2,1-2H3,(H,20,21,22);1-5H,6H2. The Bertz CT molecular complexity index is 4890. The first kappa shape index (κ1) is 75.3. The highest BCUT2D eigenvalue weighted by molar-refractivity contribution is 9.08. The molecule has 0 radical (unpaired) electrons. The molecule has 15 rings (SSSR count). The number of carboxylic acid groups (broad SMARTS) is 1. The number of nitrogens with one attached hydrogen (secondary N) is 4. The van der Waals surface area contributed by atoms with Crippen molar-refractivity contribution in [3.8, 4) is 0 Å². The van der Waals surface area contributed by atoms with Crippen LogP contribution < -0.4 is 21.3 Å². The summed E-state index contributed by atoms with van der Waals surface area (Å²) in [6.45, 7) is 9.58. The fourth-order valence-corrected chi connectivity index (χ4v) is 16.5. The number of benzene rings is 3. The van der Waals surface area contributed by atoms with Crippen molar-refractivity contribution in [1.82, 2.24) is 45.0 Å². The quantitative estimate of drug-likeness (QED) is 0.0351. The average Bonchev–Trinajstić information content (AvgIpc) is 1.37. The Kier molecular flexibility index (Phi) is 24.5. The summed E-state index contributed by atoms with van der Waals surface area (Å²) in [6, 6.07) is 33.1. The number of hydrogen-bond donors (Lipinski definition) is 5. The molecule has 9 aromatic heterocycles. The molecule has 6 unspecified atom stereocenters. The summed E-state index contributed by atoms with van der Waals surface area (Å²) in [5.74, 6) is -1.42. The number of pyridine rings is 3. The maximum atomic E-state index is 14.8. The summed E-state index contributed by atoms with van der Waals surface area (Å²) in [5, 5.41) is 34.5. The lowest BCUT2D eigenvalue weighted by atomic mass is 9.72. The predicted octanol–water partition coefficient (Wildman–Crippen LogP) is 17.2. The van der Waals surface area contributed by atoms with Gasteiger partial charge in [0.1, 0.15) is 51.7 Å². The molecule has 0 spiro atoms. The summed E-state index contributed by atoms with van der Waals surface area (Å²) < 4.78 is 70.5. The fourth-order valence-electron chi connectivity index (χ4n) is 14.4. The Labute approximate surface area is 625 Å². The number of carboxylic acids is 1. The van der Waals surface area contributed by atoms with E-state index in [4.69, 9.17) is 22.7 Å². The number of fused-ring (bicyclic) bond motifs is 3. The SMILES string of the molecule is BrCc1cccc2occc12.CC1CC(Cc2nc(Nc3nccs3)ccc2F)(C(=O)O)CCN1Cc1cccc2occc12.COC(=O)C1(Cc2nc(Nc3nccs3)ccc2F)CCN(Cc2cccc3occc23)C(C)C1.COC(=O)C1(Cc2nc(Nc3nccs3)ccc2F)CCNC(C)C1. The summed E-state index contributed by atoms with van der Waals surface area (Å²) in [6.07, 6.45) is 13.7. The number of rotatable bonds is 20. The van der Waals surface area contributed by atoms with Crippen LogP contribution in [0.4, 0.5) is 46.0 Å². The van der Waals surface area contributed by atoms with E-state index < -0.39 is 39.7 Å². The van der Waals surface area contributed by atoms with E-state index in [-0.39, 0.29) is 66.4 Å². The lowest BCUT2D eigenvalue weighted by Gasteiger charge is -2.44. The topological polar surface area (TPSA) is 261 Å². The van der Waals surface area contributed by atoms with Crippen molar-refractivity contribution in [3.05, 3.63) is 214 Å². The number of piperidine rings is 3. The number of furan rings is 3. The molecular weight excluding hydrogens is 1470 g/mol. The number of aromatic nitrogens is 6. The maximum Gasteiger partial charge on any atom is 0.312 e. The van der Waals surface area contributed by atoms with Gasteiger partial charge in [0.25, 0.3) is 0 Å². The number of nitrogens with zero attached hydrogens (tertiary/aromatic N) is 8. The molecule has 3 fully saturated rings. The van der Waals surface area contributed by atoms with Gasteiger partial charge in [0.05, 0.1) is 66.3 Å². The van der Waals surface area contributed by atoms with Crippen LogP contribution >= 0.6 is 49.9 Å². The van der Waals surface area contributed by atoms with Crippen LogP contribution in [0, 0.1) is 33.7 Å². The number of alkyl halides is 1. The number of esters is 2. The van der Waals surface area contributed by atoms with E-state index in [1.165, 1.54) is 89.0 Å². The van der Waals surface area contributed by atoms with Crippen LogP contribution in [0.2, 0.25) is 0 Å². The van der Waals surface area contributed by atoms with Gasteiger partial charge in [-0.2, -0.15) is 0 Å². The normalized spacial score (nSPS) is 20.4. The van der Waals surface area contributed by atoms with E-state index in [1.807, 2.05) is 84.6 Å². The predicted molar refractivity (Wildman–Crippen MR) is 405 cm³/mol. The molecule has 5 N–H and O–H groups in total. The average molecular weight is 1550 g/mol. The van der Waals surface area contributed by atoms with Gasteiger partial charge in [0.15, 0.2) is 15.4 Å². The van der Waals surface area contributed by atoms with Gasteiger partial charge in [-0.15, -0.1) is 34.0 Å². The van der Waals surface area contributed by atoms with Gasteiger partial charge in [-0.3, -0.25) is 24.2 Å². The number of carbonyl (C=O) groups is 3. The molecule has 21 nitrogen and oxygen atoms in total. The van der Waals surface area contributed by atoms with Crippen molar-refractivity contribution in [2.24, 2.45) is 16.2 Å². The van der Waals surface area contributed by atoms with E-state index in [1.54, 1.807) is 49.5 Å². The minimum absolute atomic E-state index is 0.00620. The number of halogens is 4. The third kappa shape index (κ3) is 18.1. The van der Waals surface area contributed by atoms with Crippen LogP contribution in [0.15, 0.2) is 176 Å². The second-order valence-electron chi connectivity index (χ2n) is 26.7. The highest BCUT2D eigenvalue weighted by Gasteiger charge is 2.48. The van der Waals surface area contributed by atoms with Gasteiger partial charge in [-0.05, 0) is 168 Å². The minimum atomic E-state index is -1.08. The number of thiazole rings is 3. The van der Waals surface area contributed by atoms with Crippen LogP contribution in [-0.2, 0) is 61.5 Å². The minimum Gasteiger partial charge on any atom is -0.481 e. The van der Waals surface area contributed by atoms with Crippen LogP contribution in [0.3, 0.4) is 0 Å². The smallest absolute Gasteiger partial charge is 0.312 e. The number of hydrogen-bond acceptors (Lipinski definition) is 23. The third-order valence-corrected chi connectivity index (χ3v) is 22.5. The first-order valence-corrected chi connectivity index (χ1v) is 38.1. The van der Waals surface area contributed by atoms with E-state index in [0.717, 1.165) is 45.0 Å². The summed E-state index contributed by atoms with van der Waals surface area (Å²) in [7, 11) is 2.77. The zero-order valence-electron chi connectivity index (χ0n) is 58.5. The largest absolute Gasteiger partial charge is 0.481 e. The second-order valence-corrected chi connectivity index (χ2v) is 29.9. The van der Waals surface area contributed by atoms with Crippen molar-refractivity contribution >= 4 is 134 Å². The molecular formula is C77H80BrF3N12O9S3. The fraction of sp³-hybridized carbons (Fsp3) is 0.338. The number of methoxy groups -OCH3 is 2. The molecule has 0 saturated carbocycles.